The summed E-state index contributed by atoms with van der Waals surface area (Å²) in [5, 5.41) is 0. The molecular formula is C14H12BrN. The summed E-state index contributed by atoms with van der Waals surface area (Å²) < 4.78 is 1.14. The Balaban J connectivity index is 2.28. The fourth-order valence-corrected chi connectivity index (χ4v) is 2.66. The fourth-order valence-electron chi connectivity index (χ4n) is 2.31. The first-order chi connectivity index (χ1) is 7.75. The lowest BCUT2D eigenvalue weighted by Gasteiger charge is -2.29. The maximum Gasteiger partial charge on any atom is 0.0457 e. The molecule has 0 atom stereocenters. The summed E-state index contributed by atoms with van der Waals surface area (Å²) in [4.78, 5) is 2.29. The molecule has 0 fully saturated rings. The molecular weight excluding hydrogens is 262 g/mol. The molecule has 0 spiro atoms. The van der Waals surface area contributed by atoms with Crippen LogP contribution in [0.15, 0.2) is 46.9 Å². The number of hydrogen-bond donors (Lipinski definition) is 0. The predicted octanol–water partition coefficient (Wildman–Crippen LogP) is 4.07. The molecule has 1 nitrogen and oxygen atoms in total. The number of halogens is 1. The normalized spacial score (nSPS) is 13.2. The molecule has 0 bridgehead atoms. The van der Waals surface area contributed by atoms with Gasteiger partial charge in [0, 0.05) is 29.3 Å². The van der Waals surface area contributed by atoms with E-state index in [1.807, 2.05) is 0 Å². The van der Waals surface area contributed by atoms with Gasteiger partial charge in [-0.05, 0) is 23.3 Å². The van der Waals surface area contributed by atoms with E-state index in [0.29, 0.717) is 0 Å². The van der Waals surface area contributed by atoms with E-state index in [-0.39, 0.29) is 0 Å². The third-order valence-electron chi connectivity index (χ3n) is 3.09. The number of fused-ring (bicyclic) bond motifs is 3. The average molecular weight is 274 g/mol. The van der Waals surface area contributed by atoms with Gasteiger partial charge in [0.25, 0.3) is 0 Å². The van der Waals surface area contributed by atoms with Crippen molar-refractivity contribution in [3.05, 3.63) is 52.5 Å². The minimum atomic E-state index is 0.986. The second-order valence-corrected chi connectivity index (χ2v) is 5.09. The van der Waals surface area contributed by atoms with Crippen molar-refractivity contribution in [3.63, 3.8) is 0 Å². The van der Waals surface area contributed by atoms with Gasteiger partial charge in [-0.15, -0.1) is 0 Å². The largest absolute Gasteiger partial charge is 0.370 e. The van der Waals surface area contributed by atoms with E-state index in [4.69, 9.17) is 0 Å². The van der Waals surface area contributed by atoms with Crippen molar-refractivity contribution in [2.45, 2.75) is 6.54 Å². The van der Waals surface area contributed by atoms with Crippen LogP contribution in [-0.4, -0.2) is 7.05 Å². The van der Waals surface area contributed by atoms with Crippen molar-refractivity contribution in [2.24, 2.45) is 0 Å². The van der Waals surface area contributed by atoms with Crippen LogP contribution in [0.3, 0.4) is 0 Å². The van der Waals surface area contributed by atoms with Crippen molar-refractivity contribution in [1.82, 2.24) is 0 Å². The summed E-state index contributed by atoms with van der Waals surface area (Å²) in [6.07, 6.45) is 0. The highest BCUT2D eigenvalue weighted by atomic mass is 79.9. The van der Waals surface area contributed by atoms with Gasteiger partial charge in [0.1, 0.15) is 0 Å². The molecule has 0 N–H and O–H groups in total. The van der Waals surface area contributed by atoms with Gasteiger partial charge in [0.05, 0.1) is 0 Å². The number of benzene rings is 2. The molecule has 0 radical (unpaired) electrons. The van der Waals surface area contributed by atoms with Gasteiger partial charge in [0.15, 0.2) is 0 Å². The molecule has 3 rings (SSSR count). The van der Waals surface area contributed by atoms with Crippen LogP contribution in [0.4, 0.5) is 5.69 Å². The van der Waals surface area contributed by atoms with Gasteiger partial charge in [-0.2, -0.15) is 0 Å². The molecule has 0 aromatic heterocycles. The van der Waals surface area contributed by atoms with E-state index in [9.17, 15) is 0 Å². The third-order valence-corrected chi connectivity index (χ3v) is 3.58. The zero-order chi connectivity index (χ0) is 11.1. The highest BCUT2D eigenvalue weighted by Crippen LogP contribution is 2.39. The topological polar surface area (TPSA) is 3.24 Å². The Bertz CT molecular complexity index is 548. The SMILES string of the molecule is CN1Cc2ccccc2-c2ccc(Br)cc21. The van der Waals surface area contributed by atoms with Crippen LogP contribution >= 0.6 is 15.9 Å². The molecule has 0 saturated heterocycles. The summed E-state index contributed by atoms with van der Waals surface area (Å²) in [6.45, 7) is 0.986. The van der Waals surface area contributed by atoms with Gasteiger partial charge in [-0.3, -0.25) is 0 Å². The molecule has 2 heteroatoms. The first-order valence-electron chi connectivity index (χ1n) is 5.34. The number of nitrogens with zero attached hydrogens (tertiary/aromatic N) is 1. The van der Waals surface area contributed by atoms with Crippen LogP contribution in [0.5, 0.6) is 0 Å². The molecule has 2 aromatic carbocycles. The van der Waals surface area contributed by atoms with Gasteiger partial charge in [0.2, 0.25) is 0 Å². The molecule has 1 aliphatic heterocycles. The molecule has 0 aliphatic carbocycles. The zero-order valence-electron chi connectivity index (χ0n) is 9.07. The first-order valence-corrected chi connectivity index (χ1v) is 6.14. The van der Waals surface area contributed by atoms with Crippen LogP contribution in [0.2, 0.25) is 0 Å². The molecule has 16 heavy (non-hydrogen) atoms. The maximum atomic E-state index is 3.53. The van der Waals surface area contributed by atoms with Crippen molar-refractivity contribution >= 4 is 21.6 Å². The molecule has 80 valence electrons. The molecule has 1 heterocycles. The van der Waals surface area contributed by atoms with Crippen LogP contribution in [0.1, 0.15) is 5.56 Å². The van der Waals surface area contributed by atoms with Crippen LogP contribution in [0, 0.1) is 0 Å². The Hall–Kier alpha value is -1.28. The minimum Gasteiger partial charge on any atom is -0.370 e. The molecule has 2 aromatic rings. The van der Waals surface area contributed by atoms with E-state index in [1.54, 1.807) is 0 Å². The number of anilines is 1. The van der Waals surface area contributed by atoms with E-state index < -0.39 is 0 Å². The van der Waals surface area contributed by atoms with Crippen molar-refractivity contribution in [2.75, 3.05) is 11.9 Å². The monoisotopic (exact) mass is 273 g/mol. The minimum absolute atomic E-state index is 0.986. The van der Waals surface area contributed by atoms with Gasteiger partial charge in [-0.25, -0.2) is 0 Å². The smallest absolute Gasteiger partial charge is 0.0457 e. The van der Waals surface area contributed by atoms with Gasteiger partial charge >= 0.3 is 0 Å². The Morgan fingerprint density at radius 3 is 2.75 bits per heavy atom. The molecule has 0 saturated carbocycles. The van der Waals surface area contributed by atoms with Crippen molar-refractivity contribution in [3.8, 4) is 11.1 Å². The first kappa shape index (κ1) is 9.91. The van der Waals surface area contributed by atoms with E-state index >= 15 is 0 Å². The lowest BCUT2D eigenvalue weighted by Crippen LogP contribution is -2.21. The standard InChI is InChI=1S/C14H12BrN/c1-16-9-10-4-2-3-5-12(10)13-7-6-11(15)8-14(13)16/h2-8H,9H2,1H3. The fraction of sp³-hybridized carbons (Fsp3) is 0.143. The summed E-state index contributed by atoms with van der Waals surface area (Å²) in [5.74, 6) is 0. The summed E-state index contributed by atoms with van der Waals surface area (Å²) in [6, 6.07) is 15.1. The lowest BCUT2D eigenvalue weighted by atomic mass is 9.94. The molecule has 0 unspecified atom stereocenters. The van der Waals surface area contributed by atoms with E-state index in [1.165, 1.54) is 22.4 Å². The predicted molar refractivity (Wildman–Crippen MR) is 71.7 cm³/mol. The van der Waals surface area contributed by atoms with Crippen LogP contribution in [-0.2, 0) is 6.54 Å². The third kappa shape index (κ3) is 1.45. The quantitative estimate of drug-likeness (QED) is 0.700. The van der Waals surface area contributed by atoms with Crippen molar-refractivity contribution in [1.29, 1.82) is 0 Å². The Kier molecular flexibility index (Phi) is 2.25. The van der Waals surface area contributed by atoms with Gasteiger partial charge in [-0.1, -0.05) is 46.3 Å². The summed E-state index contributed by atoms with van der Waals surface area (Å²) >= 11 is 3.53. The molecule has 0 amide bonds. The highest BCUT2D eigenvalue weighted by molar-refractivity contribution is 9.10. The van der Waals surface area contributed by atoms with Crippen LogP contribution < -0.4 is 4.90 Å². The summed E-state index contributed by atoms with van der Waals surface area (Å²) in [5.41, 5.74) is 5.39. The Morgan fingerprint density at radius 1 is 1.06 bits per heavy atom. The maximum absolute atomic E-state index is 3.53. The van der Waals surface area contributed by atoms with E-state index in [2.05, 4.69) is 70.3 Å². The highest BCUT2D eigenvalue weighted by Gasteiger charge is 2.18. The Labute approximate surface area is 104 Å². The van der Waals surface area contributed by atoms with Crippen LogP contribution in [0.25, 0.3) is 11.1 Å². The average Bonchev–Trinajstić information content (AvgIpc) is 2.29. The van der Waals surface area contributed by atoms with Gasteiger partial charge < -0.3 is 4.90 Å². The van der Waals surface area contributed by atoms with Crippen molar-refractivity contribution < 1.29 is 0 Å². The van der Waals surface area contributed by atoms with E-state index in [0.717, 1.165) is 11.0 Å². The lowest BCUT2D eigenvalue weighted by molar-refractivity contribution is 0.910. The number of rotatable bonds is 0. The summed E-state index contributed by atoms with van der Waals surface area (Å²) in [7, 11) is 2.14. The second kappa shape index (κ2) is 3.63. The molecule has 1 aliphatic rings. The second-order valence-electron chi connectivity index (χ2n) is 4.17. The zero-order valence-corrected chi connectivity index (χ0v) is 10.7. The number of hydrogen-bond acceptors (Lipinski definition) is 1. The Morgan fingerprint density at radius 2 is 1.88 bits per heavy atom.